The Morgan fingerprint density at radius 2 is 1.71 bits per heavy atom. The van der Waals surface area contributed by atoms with E-state index >= 15 is 0 Å². The average molecular weight is 575 g/mol. The molecule has 8 heteroatoms. The van der Waals surface area contributed by atoms with Gasteiger partial charge in [0.15, 0.2) is 5.78 Å². The second-order valence-electron chi connectivity index (χ2n) is 15.9. The fourth-order valence-corrected chi connectivity index (χ4v) is 10.6. The molecule has 41 heavy (non-hydrogen) atoms. The normalized spacial score (nSPS) is 44.6. The molecule has 0 aromatic carbocycles. The largest absolute Gasteiger partial charge is 0.405 e. The first kappa shape index (κ1) is 30.3. The number of carbonyl (C=O) groups excluding carboxylic acids is 2. The van der Waals surface area contributed by atoms with Gasteiger partial charge in [-0.05, 0) is 78.9 Å². The summed E-state index contributed by atoms with van der Waals surface area (Å²) in [7, 11) is 0. The number of halogens is 3. The van der Waals surface area contributed by atoms with Crippen molar-refractivity contribution < 1.29 is 27.9 Å². The number of nitriles is 1. The van der Waals surface area contributed by atoms with Crippen molar-refractivity contribution in [3.05, 3.63) is 23.3 Å². The fraction of sp³-hybridized carbons (Fsp3) is 0.788. The maximum absolute atomic E-state index is 13.7. The molecule has 0 bridgehead atoms. The lowest BCUT2D eigenvalue weighted by atomic mass is 9.34. The number of amides is 1. The molecule has 0 heterocycles. The fourth-order valence-electron chi connectivity index (χ4n) is 10.6. The molecule has 5 aliphatic carbocycles. The van der Waals surface area contributed by atoms with Gasteiger partial charge in [0, 0.05) is 10.8 Å². The first-order valence-corrected chi connectivity index (χ1v) is 15.1. The number of ketones is 1. The van der Waals surface area contributed by atoms with Gasteiger partial charge in [0.1, 0.15) is 12.6 Å². The minimum Gasteiger partial charge on any atom is -0.389 e. The lowest BCUT2D eigenvalue weighted by Crippen LogP contribution is -2.67. The van der Waals surface area contributed by atoms with Gasteiger partial charge in [-0.2, -0.15) is 18.4 Å². The number of Topliss-reactive ketones (excluding diaryl/α,β-unsaturated/α-hetero) is 1. The highest BCUT2D eigenvalue weighted by molar-refractivity contribution is 6.04. The van der Waals surface area contributed by atoms with Crippen LogP contribution in [0.25, 0.3) is 0 Å². The number of aliphatic hydroxyl groups excluding tert-OH is 1. The van der Waals surface area contributed by atoms with Crippen LogP contribution in [0.1, 0.15) is 93.4 Å². The Balaban J connectivity index is 1.64. The van der Waals surface area contributed by atoms with E-state index in [-0.39, 0.29) is 39.9 Å². The van der Waals surface area contributed by atoms with E-state index in [4.69, 9.17) is 0 Å². The van der Waals surface area contributed by atoms with Crippen molar-refractivity contribution >= 4 is 11.7 Å². The number of nitrogens with one attached hydrogen (secondary N) is 1. The molecular formula is C33H45F3N2O3. The Labute approximate surface area is 242 Å². The number of allylic oxidation sites excluding steroid dienone is 3. The van der Waals surface area contributed by atoms with Crippen LogP contribution in [0.5, 0.6) is 0 Å². The maximum Gasteiger partial charge on any atom is 0.405 e. The van der Waals surface area contributed by atoms with Crippen LogP contribution >= 0.6 is 0 Å². The highest BCUT2D eigenvalue weighted by Gasteiger charge is 2.70. The van der Waals surface area contributed by atoms with E-state index in [1.165, 1.54) is 0 Å². The van der Waals surface area contributed by atoms with Gasteiger partial charge in [-0.15, -0.1) is 0 Å². The summed E-state index contributed by atoms with van der Waals surface area (Å²) in [4.78, 5) is 26.9. The zero-order chi connectivity index (χ0) is 30.6. The van der Waals surface area contributed by atoms with Crippen molar-refractivity contribution in [1.82, 2.24) is 5.32 Å². The molecule has 0 aliphatic heterocycles. The van der Waals surface area contributed by atoms with Crippen molar-refractivity contribution in [2.45, 2.75) is 106 Å². The Morgan fingerprint density at radius 1 is 1.07 bits per heavy atom. The zero-order valence-corrected chi connectivity index (χ0v) is 25.5. The van der Waals surface area contributed by atoms with Crippen LogP contribution in [-0.4, -0.2) is 35.6 Å². The number of hydrogen-bond donors (Lipinski definition) is 2. The lowest BCUT2D eigenvalue weighted by molar-refractivity contribution is -0.193. The Kier molecular flexibility index (Phi) is 6.61. The smallest absolute Gasteiger partial charge is 0.389 e. The van der Waals surface area contributed by atoms with Crippen LogP contribution in [0.4, 0.5) is 13.2 Å². The molecule has 3 fully saturated rings. The molecule has 0 spiro atoms. The maximum atomic E-state index is 13.7. The standard InChI is InChI=1S/C33H45F3N2O3/c1-27(2)10-12-32(26(41)38-18-33(34,35)36)13-11-31(7)24(20(32)16-27)21(39)14-23-29(5)15-19(17-37)25(40)28(3,4)22(29)8-9-30(23,31)6/h14-15,20-22,24,39H,8-13,16,18H2,1-7H3,(H,38,41). The number of aliphatic hydroxyl groups is 1. The first-order valence-electron chi connectivity index (χ1n) is 15.1. The SMILES string of the molecule is CC1(C)CCC2(C(=O)NCC(F)(F)F)CCC3(C)C(C(O)C=C4C5(C)C=C(C#N)C(=O)C(C)(C)C5CCC43C)C2C1. The number of carbonyl (C=O) groups is 2. The number of fused-ring (bicyclic) bond motifs is 7. The van der Waals surface area contributed by atoms with E-state index in [2.05, 4.69) is 46.0 Å². The van der Waals surface area contributed by atoms with Crippen LogP contribution in [0.2, 0.25) is 0 Å². The highest BCUT2D eigenvalue weighted by atomic mass is 19.4. The van der Waals surface area contributed by atoms with E-state index in [0.717, 1.165) is 24.8 Å². The molecule has 0 radical (unpaired) electrons. The van der Waals surface area contributed by atoms with Crippen molar-refractivity contribution in [3.8, 4) is 6.07 Å². The van der Waals surface area contributed by atoms with Crippen LogP contribution in [-0.2, 0) is 9.59 Å². The van der Waals surface area contributed by atoms with E-state index in [9.17, 15) is 33.1 Å². The number of nitrogens with zero attached hydrogens (tertiary/aromatic N) is 1. The molecule has 3 saturated carbocycles. The van der Waals surface area contributed by atoms with Gasteiger partial charge in [0.2, 0.25) is 5.91 Å². The summed E-state index contributed by atoms with van der Waals surface area (Å²) in [6, 6.07) is 2.14. The summed E-state index contributed by atoms with van der Waals surface area (Å²) in [6.45, 7) is 13.4. The Hall–Kier alpha value is -2.14. The molecule has 1 amide bonds. The lowest BCUT2D eigenvalue weighted by Gasteiger charge is -2.70. The average Bonchev–Trinajstić information content (AvgIpc) is 2.85. The van der Waals surface area contributed by atoms with Crippen LogP contribution < -0.4 is 5.32 Å². The molecule has 226 valence electrons. The molecule has 0 aromatic rings. The van der Waals surface area contributed by atoms with Crippen LogP contribution in [0.15, 0.2) is 23.3 Å². The van der Waals surface area contributed by atoms with E-state index in [1.54, 1.807) is 0 Å². The summed E-state index contributed by atoms with van der Waals surface area (Å²) in [6.07, 6.45) is 2.96. The molecule has 0 aromatic heterocycles. The first-order chi connectivity index (χ1) is 18.7. The third-order valence-electron chi connectivity index (χ3n) is 13.0. The molecule has 8 atom stereocenters. The Bertz CT molecular complexity index is 1280. The predicted octanol–water partition coefficient (Wildman–Crippen LogP) is 6.68. The second kappa shape index (κ2) is 8.94. The third-order valence-corrected chi connectivity index (χ3v) is 13.0. The van der Waals surface area contributed by atoms with Gasteiger partial charge in [-0.1, -0.05) is 66.2 Å². The molecule has 8 unspecified atom stereocenters. The molecule has 5 aliphatic rings. The van der Waals surface area contributed by atoms with Crippen molar-refractivity contribution in [2.75, 3.05) is 6.54 Å². The summed E-state index contributed by atoms with van der Waals surface area (Å²) >= 11 is 0. The summed E-state index contributed by atoms with van der Waals surface area (Å²) < 4.78 is 39.5. The number of alkyl halides is 3. The van der Waals surface area contributed by atoms with Gasteiger partial charge in [0.05, 0.1) is 17.1 Å². The molecule has 5 rings (SSSR count). The van der Waals surface area contributed by atoms with Crippen molar-refractivity contribution in [2.24, 2.45) is 50.2 Å². The molecule has 5 nitrogen and oxygen atoms in total. The van der Waals surface area contributed by atoms with Gasteiger partial charge >= 0.3 is 6.18 Å². The number of rotatable bonds is 2. The topological polar surface area (TPSA) is 90.2 Å². The Morgan fingerprint density at radius 3 is 2.32 bits per heavy atom. The van der Waals surface area contributed by atoms with Gasteiger partial charge in [-0.25, -0.2) is 0 Å². The number of hydrogen-bond acceptors (Lipinski definition) is 4. The van der Waals surface area contributed by atoms with E-state index < -0.39 is 46.4 Å². The van der Waals surface area contributed by atoms with Crippen molar-refractivity contribution in [3.63, 3.8) is 0 Å². The van der Waals surface area contributed by atoms with Gasteiger partial charge in [-0.3, -0.25) is 9.59 Å². The summed E-state index contributed by atoms with van der Waals surface area (Å²) in [5.41, 5.74) is -1.98. The van der Waals surface area contributed by atoms with Gasteiger partial charge in [0.25, 0.3) is 0 Å². The van der Waals surface area contributed by atoms with Crippen molar-refractivity contribution in [1.29, 1.82) is 5.26 Å². The molecule has 2 N–H and O–H groups in total. The van der Waals surface area contributed by atoms with Crippen LogP contribution in [0, 0.1) is 61.6 Å². The van der Waals surface area contributed by atoms with E-state index in [1.807, 2.05) is 26.0 Å². The predicted molar refractivity (Wildman–Crippen MR) is 149 cm³/mol. The summed E-state index contributed by atoms with van der Waals surface area (Å²) in [5.74, 6) is -1.28. The monoisotopic (exact) mass is 574 g/mol. The quantitative estimate of drug-likeness (QED) is 0.360. The second-order valence-corrected chi connectivity index (χ2v) is 15.9. The minimum absolute atomic E-state index is 0.0317. The highest BCUT2D eigenvalue weighted by Crippen LogP contribution is 2.75. The third kappa shape index (κ3) is 4.11. The van der Waals surface area contributed by atoms with Crippen LogP contribution in [0.3, 0.4) is 0 Å². The zero-order valence-electron chi connectivity index (χ0n) is 25.5. The molecular weight excluding hydrogens is 529 g/mol. The summed E-state index contributed by atoms with van der Waals surface area (Å²) in [5, 5.41) is 24.2. The van der Waals surface area contributed by atoms with Gasteiger partial charge < -0.3 is 10.4 Å². The molecule has 0 saturated heterocycles. The minimum atomic E-state index is -4.49. The van der Waals surface area contributed by atoms with E-state index in [0.29, 0.717) is 25.7 Å².